The first kappa shape index (κ1) is 55.5. The molecule has 88 heavy (non-hydrogen) atoms. The standard InChI is InChI=1S/C82H64BN3O2/c1-55-47-80(86-54-76(55)58-29-13-8-14-30-58)61-41-44-73(77(53-61)83-87-81(2,3)82(4,5)88-83)70-36-20-17-33-67(70)64-49-62(65-31-15-18-34-68(65)71-42-39-59(78-37-21-23-45-84-78)51-74(71)56-25-9-6-10-26-56)48-63(50-64)66-32-16-19-35-69(66)72-43-40-60(79-38-22-24-46-85-79)52-75(72)57-27-11-7-12-28-57/h6-54H,1-5H3. The van der Waals surface area contributed by atoms with E-state index in [4.69, 9.17) is 24.3 Å². The molecule has 0 bridgehead atoms. The Labute approximate surface area is 516 Å². The first-order valence-electron chi connectivity index (χ1n) is 30.2. The number of hydrogen-bond donors (Lipinski definition) is 0. The van der Waals surface area contributed by atoms with Crippen LogP contribution in [0.1, 0.15) is 33.3 Å². The predicted molar refractivity (Wildman–Crippen MR) is 366 cm³/mol. The number of benzene rings is 10. The molecule has 0 spiro atoms. The maximum absolute atomic E-state index is 7.01. The Kier molecular flexibility index (Phi) is 14.8. The van der Waals surface area contributed by atoms with E-state index in [0.717, 1.165) is 145 Å². The van der Waals surface area contributed by atoms with E-state index >= 15 is 0 Å². The highest BCUT2D eigenvalue weighted by Crippen LogP contribution is 2.47. The van der Waals surface area contributed by atoms with Crippen LogP contribution in [0.15, 0.2) is 298 Å². The molecule has 14 rings (SSSR count). The van der Waals surface area contributed by atoms with Crippen LogP contribution >= 0.6 is 0 Å². The average molecular weight is 1130 g/mol. The normalized spacial score (nSPS) is 13.4. The highest BCUT2D eigenvalue weighted by Gasteiger charge is 2.52. The second-order valence-corrected chi connectivity index (χ2v) is 23.8. The van der Waals surface area contributed by atoms with Gasteiger partial charge in [-0.3, -0.25) is 15.0 Å². The Hall–Kier alpha value is -10.4. The van der Waals surface area contributed by atoms with Crippen molar-refractivity contribution in [3.63, 3.8) is 0 Å². The van der Waals surface area contributed by atoms with Crippen molar-refractivity contribution < 1.29 is 9.31 Å². The summed E-state index contributed by atoms with van der Waals surface area (Å²) < 4.78 is 14.0. The largest absolute Gasteiger partial charge is 0.495 e. The van der Waals surface area contributed by atoms with Gasteiger partial charge in [0.25, 0.3) is 0 Å². The second-order valence-electron chi connectivity index (χ2n) is 23.8. The van der Waals surface area contributed by atoms with Crippen LogP contribution in [-0.2, 0) is 9.31 Å². The van der Waals surface area contributed by atoms with Gasteiger partial charge in [-0.2, -0.15) is 0 Å². The summed E-state index contributed by atoms with van der Waals surface area (Å²) in [7, 11) is -0.663. The third-order valence-electron chi connectivity index (χ3n) is 17.7. The fourth-order valence-electron chi connectivity index (χ4n) is 12.4. The minimum Gasteiger partial charge on any atom is -0.399 e. The molecule has 1 aliphatic heterocycles. The topological polar surface area (TPSA) is 57.1 Å². The summed E-state index contributed by atoms with van der Waals surface area (Å²) in [5.41, 5.74) is 26.6. The summed E-state index contributed by atoms with van der Waals surface area (Å²) in [5.74, 6) is 0. The Balaban J connectivity index is 0.984. The van der Waals surface area contributed by atoms with Gasteiger partial charge in [0, 0.05) is 35.3 Å². The molecule has 4 heterocycles. The van der Waals surface area contributed by atoms with E-state index in [1.54, 1.807) is 0 Å². The lowest BCUT2D eigenvalue weighted by molar-refractivity contribution is 0.00578. The van der Waals surface area contributed by atoms with Crippen molar-refractivity contribution in [1.29, 1.82) is 0 Å². The van der Waals surface area contributed by atoms with Crippen molar-refractivity contribution in [3.05, 3.63) is 303 Å². The van der Waals surface area contributed by atoms with Crippen molar-refractivity contribution in [2.75, 3.05) is 0 Å². The van der Waals surface area contributed by atoms with Gasteiger partial charge in [-0.1, -0.05) is 218 Å². The summed E-state index contributed by atoms with van der Waals surface area (Å²) in [6, 6.07) is 100. The lowest BCUT2D eigenvalue weighted by atomic mass is 9.72. The lowest BCUT2D eigenvalue weighted by Gasteiger charge is -2.32. The van der Waals surface area contributed by atoms with Gasteiger partial charge in [0.2, 0.25) is 0 Å². The first-order chi connectivity index (χ1) is 43.0. The molecule has 0 saturated carbocycles. The van der Waals surface area contributed by atoms with Gasteiger partial charge in [0.15, 0.2) is 0 Å². The van der Waals surface area contributed by atoms with Crippen LogP contribution in [0.25, 0.3) is 134 Å². The summed E-state index contributed by atoms with van der Waals surface area (Å²) in [5, 5.41) is 0. The Morgan fingerprint density at radius 3 is 1.02 bits per heavy atom. The number of nitrogens with zero attached hydrogens (tertiary/aromatic N) is 3. The van der Waals surface area contributed by atoms with Crippen molar-refractivity contribution >= 4 is 12.6 Å². The Morgan fingerprint density at radius 2 is 0.614 bits per heavy atom. The SMILES string of the molecule is Cc1cc(-c2ccc(-c3ccccc3-c3cc(-c4ccccc4-c4ccc(-c5ccccn5)cc4-c4ccccc4)cc(-c4ccccc4-c4ccc(-c5ccccn5)cc4-c4ccccc4)c3)c(B3OC(C)(C)C(C)(C)O3)c2)ncc1-c1ccccc1. The fourth-order valence-corrected chi connectivity index (χ4v) is 12.4. The molecular formula is C82H64BN3O2. The number of aromatic nitrogens is 3. The molecule has 0 unspecified atom stereocenters. The van der Waals surface area contributed by atoms with Gasteiger partial charge in [0.1, 0.15) is 0 Å². The average Bonchev–Trinajstić information content (AvgIpc) is 1.58. The summed E-state index contributed by atoms with van der Waals surface area (Å²) in [6.45, 7) is 10.6. The molecule has 0 radical (unpaired) electrons. The van der Waals surface area contributed by atoms with Crippen molar-refractivity contribution in [2.24, 2.45) is 0 Å². The summed E-state index contributed by atoms with van der Waals surface area (Å²) in [4.78, 5) is 14.7. The highest BCUT2D eigenvalue weighted by atomic mass is 16.7. The fraction of sp³-hybridized carbons (Fsp3) is 0.0854. The van der Waals surface area contributed by atoms with Gasteiger partial charge in [0.05, 0.1) is 28.3 Å². The van der Waals surface area contributed by atoms with E-state index in [1.807, 2.05) is 48.9 Å². The minimum absolute atomic E-state index is 0.584. The van der Waals surface area contributed by atoms with Crippen LogP contribution in [0.4, 0.5) is 0 Å². The van der Waals surface area contributed by atoms with Crippen LogP contribution in [0.2, 0.25) is 0 Å². The maximum Gasteiger partial charge on any atom is 0.495 e. The number of aryl methyl sites for hydroxylation is 1. The first-order valence-corrected chi connectivity index (χ1v) is 30.2. The molecule has 0 N–H and O–H groups in total. The summed E-state index contributed by atoms with van der Waals surface area (Å²) in [6.07, 6.45) is 5.72. The smallest absolute Gasteiger partial charge is 0.399 e. The summed E-state index contributed by atoms with van der Waals surface area (Å²) >= 11 is 0. The minimum atomic E-state index is -0.663. The molecule has 3 aromatic heterocycles. The third kappa shape index (κ3) is 10.8. The quantitative estimate of drug-likeness (QED) is 0.108. The van der Waals surface area contributed by atoms with E-state index in [9.17, 15) is 0 Å². The molecule has 1 fully saturated rings. The number of rotatable bonds is 13. The zero-order valence-corrected chi connectivity index (χ0v) is 50.0. The van der Waals surface area contributed by atoms with Gasteiger partial charge >= 0.3 is 7.12 Å². The zero-order valence-electron chi connectivity index (χ0n) is 50.0. The Morgan fingerprint density at radius 1 is 0.261 bits per heavy atom. The molecule has 1 saturated heterocycles. The van der Waals surface area contributed by atoms with E-state index in [2.05, 4.69) is 283 Å². The van der Waals surface area contributed by atoms with Crippen molar-refractivity contribution in [2.45, 2.75) is 45.8 Å². The van der Waals surface area contributed by atoms with Crippen molar-refractivity contribution in [1.82, 2.24) is 15.0 Å². The van der Waals surface area contributed by atoms with E-state index in [0.29, 0.717) is 0 Å². The maximum atomic E-state index is 7.01. The lowest BCUT2D eigenvalue weighted by Crippen LogP contribution is -2.41. The molecule has 0 aliphatic carbocycles. The van der Waals surface area contributed by atoms with Crippen LogP contribution in [0.5, 0.6) is 0 Å². The van der Waals surface area contributed by atoms with Gasteiger partial charge < -0.3 is 9.31 Å². The molecule has 10 aromatic carbocycles. The molecular weight excluding hydrogens is 1070 g/mol. The van der Waals surface area contributed by atoms with Gasteiger partial charge in [-0.25, -0.2) is 0 Å². The second kappa shape index (κ2) is 23.5. The zero-order chi connectivity index (χ0) is 59.8. The van der Waals surface area contributed by atoms with Gasteiger partial charge in [-0.15, -0.1) is 0 Å². The Bertz CT molecular complexity index is 4480. The van der Waals surface area contributed by atoms with Crippen LogP contribution in [-0.4, -0.2) is 33.3 Å². The van der Waals surface area contributed by atoms with E-state index in [-0.39, 0.29) is 0 Å². The van der Waals surface area contributed by atoms with E-state index < -0.39 is 18.3 Å². The molecule has 13 aromatic rings. The molecule has 0 atom stereocenters. The highest BCUT2D eigenvalue weighted by molar-refractivity contribution is 6.64. The number of pyridine rings is 3. The monoisotopic (exact) mass is 1130 g/mol. The van der Waals surface area contributed by atoms with Crippen molar-refractivity contribution in [3.8, 4) is 134 Å². The molecule has 5 nitrogen and oxygen atoms in total. The molecule has 1 aliphatic rings. The molecule has 422 valence electrons. The predicted octanol–water partition coefficient (Wildman–Crippen LogP) is 20.5. The third-order valence-corrected chi connectivity index (χ3v) is 17.7. The van der Waals surface area contributed by atoms with Crippen LogP contribution in [0, 0.1) is 6.92 Å². The van der Waals surface area contributed by atoms with Crippen LogP contribution in [0.3, 0.4) is 0 Å². The van der Waals surface area contributed by atoms with Gasteiger partial charge in [-0.05, 0) is 206 Å². The molecule has 0 amide bonds. The molecule has 6 heteroatoms. The van der Waals surface area contributed by atoms with E-state index in [1.165, 1.54) is 0 Å². The van der Waals surface area contributed by atoms with Crippen LogP contribution < -0.4 is 5.46 Å². The number of hydrogen-bond acceptors (Lipinski definition) is 5.